The second-order valence-corrected chi connectivity index (χ2v) is 6.21. The molecule has 9 heteroatoms. The monoisotopic (exact) mass is 338 g/mol. The Bertz CT molecular complexity index is 672. The number of nitrogens with zero attached hydrogens (tertiary/aromatic N) is 1. The van der Waals surface area contributed by atoms with Gasteiger partial charge in [0.1, 0.15) is 10.5 Å². The molecule has 20 heavy (non-hydrogen) atoms. The van der Waals surface area contributed by atoms with E-state index < -0.39 is 10.0 Å². The highest BCUT2D eigenvalue weighted by Gasteiger charge is 2.20. The van der Waals surface area contributed by atoms with E-state index in [2.05, 4.69) is 14.7 Å². The summed E-state index contributed by atoms with van der Waals surface area (Å²) < 4.78 is 26.9. The third-order valence-electron chi connectivity index (χ3n) is 2.70. The summed E-state index contributed by atoms with van der Waals surface area (Å²) in [7, 11) is -3.59. The maximum absolute atomic E-state index is 12.2. The number of rotatable bonds is 6. The van der Waals surface area contributed by atoms with Crippen LogP contribution in [0.5, 0.6) is 0 Å². The molecule has 4 N–H and O–H groups in total. The normalized spacial score (nSPS) is 11.5. The molecule has 0 atom stereocenters. The van der Waals surface area contributed by atoms with Crippen LogP contribution in [0.25, 0.3) is 11.0 Å². The van der Waals surface area contributed by atoms with Crippen molar-refractivity contribution in [2.45, 2.75) is 17.7 Å². The average molecular weight is 339 g/mol. The van der Waals surface area contributed by atoms with Crippen LogP contribution in [-0.2, 0) is 10.0 Å². The van der Waals surface area contributed by atoms with Crippen LogP contribution in [0.4, 0.5) is 0 Å². The lowest BCUT2D eigenvalue weighted by Crippen LogP contribution is -2.25. The van der Waals surface area contributed by atoms with Crippen LogP contribution < -0.4 is 10.5 Å². The molecule has 6 nitrogen and oxygen atoms in total. The number of halogens is 2. The Kier molecular flexibility index (Phi) is 6.22. The minimum absolute atomic E-state index is 0. The maximum atomic E-state index is 12.2. The van der Waals surface area contributed by atoms with Crippen molar-refractivity contribution >= 4 is 45.1 Å². The van der Waals surface area contributed by atoms with Crippen LogP contribution >= 0.6 is 24.0 Å². The first-order valence-electron chi connectivity index (χ1n) is 5.87. The van der Waals surface area contributed by atoms with Crippen molar-refractivity contribution in [1.82, 2.24) is 14.7 Å². The number of aromatic amines is 1. The Hall–Kier alpha value is -0.860. The molecule has 2 aromatic rings. The van der Waals surface area contributed by atoms with Gasteiger partial charge in [0, 0.05) is 18.9 Å². The number of pyridine rings is 1. The van der Waals surface area contributed by atoms with E-state index in [0.717, 1.165) is 6.42 Å². The number of unbranched alkanes of at least 4 members (excludes halogenated alkanes) is 1. The first-order valence-corrected chi connectivity index (χ1v) is 7.73. The first kappa shape index (κ1) is 17.2. The SMILES string of the molecule is Cl.NCCCCNS(=O)(=O)c1c[nH]c2nccc(Cl)c12. The molecule has 0 aromatic carbocycles. The molecule has 0 aliphatic heterocycles. The van der Waals surface area contributed by atoms with Gasteiger partial charge >= 0.3 is 0 Å². The Morgan fingerprint density at radius 1 is 1.40 bits per heavy atom. The molecule has 0 saturated carbocycles. The van der Waals surface area contributed by atoms with Crippen molar-refractivity contribution in [3.05, 3.63) is 23.5 Å². The predicted molar refractivity (Wildman–Crippen MR) is 81.8 cm³/mol. The fourth-order valence-electron chi connectivity index (χ4n) is 1.75. The minimum atomic E-state index is -3.59. The standard InChI is InChI=1S/C11H15ClN4O2S.ClH/c12-8-3-6-14-11-10(8)9(7-15-11)19(17,18)16-5-2-1-4-13;/h3,6-7,16H,1-2,4-5,13H2,(H,14,15);1H. The van der Waals surface area contributed by atoms with Gasteiger partial charge in [0.2, 0.25) is 10.0 Å². The number of nitrogens with two attached hydrogens (primary N) is 1. The number of hydrogen-bond donors (Lipinski definition) is 3. The molecule has 112 valence electrons. The van der Waals surface area contributed by atoms with Crippen molar-refractivity contribution in [3.63, 3.8) is 0 Å². The largest absolute Gasteiger partial charge is 0.345 e. The van der Waals surface area contributed by atoms with E-state index in [9.17, 15) is 8.42 Å². The summed E-state index contributed by atoms with van der Waals surface area (Å²) in [5, 5.41) is 0.768. The van der Waals surface area contributed by atoms with E-state index in [1.165, 1.54) is 12.4 Å². The summed E-state index contributed by atoms with van der Waals surface area (Å²) in [6.45, 7) is 0.897. The number of nitrogens with one attached hydrogen (secondary N) is 2. The first-order chi connectivity index (χ1) is 9.06. The van der Waals surface area contributed by atoms with Gasteiger partial charge < -0.3 is 10.7 Å². The van der Waals surface area contributed by atoms with Crippen LogP contribution in [-0.4, -0.2) is 31.5 Å². The number of aromatic nitrogens is 2. The Balaban J connectivity index is 0.00000200. The highest BCUT2D eigenvalue weighted by atomic mass is 35.5. The Morgan fingerprint density at radius 2 is 2.15 bits per heavy atom. The molecule has 0 aliphatic rings. The maximum Gasteiger partial charge on any atom is 0.242 e. The zero-order valence-corrected chi connectivity index (χ0v) is 13.0. The lowest BCUT2D eigenvalue weighted by Gasteiger charge is -2.05. The quantitative estimate of drug-likeness (QED) is 0.697. The Labute approximate surface area is 128 Å². The molecular formula is C11H16Cl2N4O2S. The molecule has 2 rings (SSSR count). The summed E-state index contributed by atoms with van der Waals surface area (Å²) in [5.41, 5.74) is 5.81. The van der Waals surface area contributed by atoms with Crippen molar-refractivity contribution in [1.29, 1.82) is 0 Å². The van der Waals surface area contributed by atoms with Crippen LogP contribution in [0.15, 0.2) is 23.4 Å². The minimum Gasteiger partial charge on any atom is -0.345 e. The van der Waals surface area contributed by atoms with Crippen LogP contribution in [0, 0.1) is 0 Å². The van der Waals surface area contributed by atoms with Gasteiger partial charge in [-0.15, -0.1) is 12.4 Å². The van der Waals surface area contributed by atoms with Gasteiger partial charge in [0.15, 0.2) is 0 Å². The molecule has 0 bridgehead atoms. The van der Waals surface area contributed by atoms with Crippen molar-refractivity contribution in [2.75, 3.05) is 13.1 Å². The molecule has 0 fully saturated rings. The molecule has 0 unspecified atom stereocenters. The van der Waals surface area contributed by atoms with Gasteiger partial charge in [-0.2, -0.15) is 0 Å². The number of sulfonamides is 1. The van der Waals surface area contributed by atoms with Crippen molar-refractivity contribution < 1.29 is 8.42 Å². The summed E-state index contributed by atoms with van der Waals surface area (Å²) in [4.78, 5) is 6.96. The van der Waals surface area contributed by atoms with Crippen LogP contribution in [0.3, 0.4) is 0 Å². The second-order valence-electron chi connectivity index (χ2n) is 4.06. The summed E-state index contributed by atoms with van der Waals surface area (Å²) in [6.07, 6.45) is 4.39. The molecule has 0 spiro atoms. The van der Waals surface area contributed by atoms with E-state index >= 15 is 0 Å². The summed E-state index contributed by atoms with van der Waals surface area (Å²) >= 11 is 6.02. The molecule has 2 aromatic heterocycles. The fourth-order valence-corrected chi connectivity index (χ4v) is 3.32. The van der Waals surface area contributed by atoms with Crippen molar-refractivity contribution in [3.8, 4) is 0 Å². The second kappa shape index (κ2) is 7.24. The van der Waals surface area contributed by atoms with E-state index in [-0.39, 0.29) is 17.3 Å². The average Bonchev–Trinajstić information content (AvgIpc) is 2.81. The van der Waals surface area contributed by atoms with Gasteiger partial charge in [-0.05, 0) is 25.5 Å². The molecule has 0 saturated heterocycles. The van der Waals surface area contributed by atoms with Crippen LogP contribution in [0.1, 0.15) is 12.8 Å². The van der Waals surface area contributed by atoms with E-state index in [0.29, 0.717) is 35.6 Å². The van der Waals surface area contributed by atoms with Gasteiger partial charge in [0.05, 0.1) is 10.4 Å². The summed E-state index contributed by atoms with van der Waals surface area (Å²) in [6, 6.07) is 1.56. The number of fused-ring (bicyclic) bond motifs is 1. The number of hydrogen-bond acceptors (Lipinski definition) is 4. The van der Waals surface area contributed by atoms with Gasteiger partial charge in [-0.3, -0.25) is 0 Å². The molecule has 0 radical (unpaired) electrons. The van der Waals surface area contributed by atoms with Gasteiger partial charge in [-0.25, -0.2) is 18.1 Å². The zero-order chi connectivity index (χ0) is 13.9. The molecule has 0 aliphatic carbocycles. The third kappa shape index (κ3) is 3.62. The van der Waals surface area contributed by atoms with E-state index in [4.69, 9.17) is 17.3 Å². The van der Waals surface area contributed by atoms with E-state index in [1.807, 2.05) is 0 Å². The predicted octanol–water partition coefficient (Wildman–Crippen LogP) is 1.66. The molecule has 0 amide bonds. The molecule has 2 heterocycles. The fraction of sp³-hybridized carbons (Fsp3) is 0.364. The highest BCUT2D eigenvalue weighted by Crippen LogP contribution is 2.27. The van der Waals surface area contributed by atoms with Crippen LogP contribution in [0.2, 0.25) is 5.02 Å². The number of H-pyrrole nitrogens is 1. The van der Waals surface area contributed by atoms with Gasteiger partial charge in [0.25, 0.3) is 0 Å². The smallest absolute Gasteiger partial charge is 0.242 e. The molecular weight excluding hydrogens is 323 g/mol. The Morgan fingerprint density at radius 3 is 2.85 bits per heavy atom. The third-order valence-corrected chi connectivity index (χ3v) is 4.50. The van der Waals surface area contributed by atoms with E-state index in [1.54, 1.807) is 6.07 Å². The lowest BCUT2D eigenvalue weighted by atomic mass is 10.3. The van der Waals surface area contributed by atoms with Crippen molar-refractivity contribution in [2.24, 2.45) is 5.73 Å². The topological polar surface area (TPSA) is 101 Å². The highest BCUT2D eigenvalue weighted by molar-refractivity contribution is 7.89. The lowest BCUT2D eigenvalue weighted by molar-refractivity contribution is 0.578. The zero-order valence-electron chi connectivity index (χ0n) is 10.6. The summed E-state index contributed by atoms with van der Waals surface area (Å²) in [5.74, 6) is 0. The van der Waals surface area contributed by atoms with Gasteiger partial charge in [-0.1, -0.05) is 11.6 Å².